The van der Waals surface area contributed by atoms with E-state index in [0.717, 1.165) is 16.7 Å². The van der Waals surface area contributed by atoms with Gasteiger partial charge in [0.15, 0.2) is 0 Å². The third-order valence-corrected chi connectivity index (χ3v) is 4.58. The third-order valence-electron chi connectivity index (χ3n) is 2.46. The first-order valence-corrected chi connectivity index (χ1v) is 7.71. The number of carbonyl (C=O) groups excluding carboxylic acids is 2. The molecule has 0 unspecified atom stereocenters. The minimum absolute atomic E-state index is 0.0367. The molecule has 2 rings (SSSR count). The lowest BCUT2D eigenvalue weighted by Crippen LogP contribution is -2.28. The largest absolute Gasteiger partial charge is 0.506 e. The van der Waals surface area contributed by atoms with E-state index in [2.05, 4.69) is 37.8 Å². The number of amides is 2. The predicted molar refractivity (Wildman–Crippen MR) is 85.0 cm³/mol. The van der Waals surface area contributed by atoms with Gasteiger partial charge < -0.3 is 5.11 Å². The van der Waals surface area contributed by atoms with Gasteiger partial charge in [0.2, 0.25) is 0 Å². The monoisotopic (exact) mass is 415 g/mol. The summed E-state index contributed by atoms with van der Waals surface area (Å²) in [5.41, 5.74) is 0.674. The second-order valence-electron chi connectivity index (χ2n) is 3.81. The van der Waals surface area contributed by atoms with Gasteiger partial charge in [-0.05, 0) is 67.4 Å². The summed E-state index contributed by atoms with van der Waals surface area (Å²) in [6, 6.07) is 3.30. The second-order valence-corrected chi connectivity index (χ2v) is 6.51. The molecule has 1 aromatic rings. The molecule has 0 saturated carbocycles. The maximum atomic E-state index is 12.0. The van der Waals surface area contributed by atoms with E-state index >= 15 is 0 Å². The van der Waals surface area contributed by atoms with E-state index in [1.54, 1.807) is 18.2 Å². The molecule has 0 radical (unpaired) electrons. The van der Waals surface area contributed by atoms with Crippen molar-refractivity contribution in [3.05, 3.63) is 31.5 Å². The van der Waals surface area contributed by atoms with Gasteiger partial charge in [0.25, 0.3) is 11.1 Å². The van der Waals surface area contributed by atoms with Gasteiger partial charge in [-0.3, -0.25) is 14.5 Å². The molecule has 1 fully saturated rings. The smallest absolute Gasteiger partial charge is 0.294 e. The standard InChI is InChI=1S/C13H7Br2NO3S/c1-2-3-16-12(18)10(20-13(16)19)6-7-4-8(14)11(17)9(15)5-7/h1,4-6,17H,3H2/b10-6+. The Hall–Kier alpha value is -1.23. The van der Waals surface area contributed by atoms with Crippen molar-refractivity contribution in [1.29, 1.82) is 0 Å². The Kier molecular flexibility index (Phi) is 4.58. The van der Waals surface area contributed by atoms with Crippen molar-refractivity contribution in [1.82, 2.24) is 4.90 Å². The van der Waals surface area contributed by atoms with E-state index in [0.29, 0.717) is 19.4 Å². The highest BCUT2D eigenvalue weighted by Gasteiger charge is 2.34. The molecule has 2 amide bonds. The van der Waals surface area contributed by atoms with Crippen LogP contribution >= 0.6 is 43.6 Å². The van der Waals surface area contributed by atoms with Crippen molar-refractivity contribution in [2.24, 2.45) is 0 Å². The highest BCUT2D eigenvalue weighted by atomic mass is 79.9. The van der Waals surface area contributed by atoms with Gasteiger partial charge in [-0.2, -0.15) is 0 Å². The first-order chi connectivity index (χ1) is 9.43. The Morgan fingerprint density at radius 3 is 2.50 bits per heavy atom. The Bertz CT molecular complexity index is 656. The van der Waals surface area contributed by atoms with E-state index < -0.39 is 5.91 Å². The van der Waals surface area contributed by atoms with E-state index in [9.17, 15) is 14.7 Å². The Morgan fingerprint density at radius 1 is 1.35 bits per heavy atom. The first-order valence-electron chi connectivity index (χ1n) is 5.31. The number of imide groups is 1. The molecule has 1 N–H and O–H groups in total. The number of carbonyl (C=O) groups is 2. The number of rotatable bonds is 2. The molecular formula is C13H7Br2NO3S. The summed E-state index contributed by atoms with van der Waals surface area (Å²) >= 11 is 7.25. The van der Waals surface area contributed by atoms with Gasteiger partial charge in [0.05, 0.1) is 20.4 Å². The van der Waals surface area contributed by atoms with Crippen molar-refractivity contribution in [2.75, 3.05) is 6.54 Å². The Balaban J connectivity index is 2.36. The molecule has 102 valence electrons. The van der Waals surface area contributed by atoms with Crippen LogP contribution in [0, 0.1) is 12.3 Å². The fourth-order valence-corrected chi connectivity index (χ4v) is 3.61. The van der Waals surface area contributed by atoms with Crippen LogP contribution in [-0.4, -0.2) is 27.7 Å². The molecular weight excluding hydrogens is 410 g/mol. The zero-order valence-corrected chi connectivity index (χ0v) is 13.9. The summed E-state index contributed by atoms with van der Waals surface area (Å²) in [7, 11) is 0. The Labute approximate surface area is 136 Å². The minimum Gasteiger partial charge on any atom is -0.506 e. The van der Waals surface area contributed by atoms with Crippen molar-refractivity contribution in [3.63, 3.8) is 0 Å². The predicted octanol–water partition coefficient (Wildman–Crippen LogP) is 3.59. The number of benzene rings is 1. The number of phenols is 1. The quantitative estimate of drug-likeness (QED) is 0.591. The lowest BCUT2D eigenvalue weighted by molar-refractivity contribution is -0.122. The molecule has 7 heteroatoms. The average molecular weight is 417 g/mol. The van der Waals surface area contributed by atoms with Crippen LogP contribution in [-0.2, 0) is 4.79 Å². The van der Waals surface area contributed by atoms with Crippen molar-refractivity contribution < 1.29 is 14.7 Å². The number of hydrogen-bond acceptors (Lipinski definition) is 4. The molecule has 0 aromatic heterocycles. The summed E-state index contributed by atoms with van der Waals surface area (Å²) in [6.07, 6.45) is 6.70. The minimum atomic E-state index is -0.404. The average Bonchev–Trinajstić information content (AvgIpc) is 2.64. The summed E-state index contributed by atoms with van der Waals surface area (Å²) < 4.78 is 0.974. The maximum absolute atomic E-state index is 12.0. The topological polar surface area (TPSA) is 57.6 Å². The molecule has 1 aliphatic heterocycles. The summed E-state index contributed by atoms with van der Waals surface area (Å²) in [5, 5.41) is 9.25. The van der Waals surface area contributed by atoms with E-state index in [1.807, 2.05) is 0 Å². The number of thioether (sulfide) groups is 1. The SMILES string of the molecule is C#CCN1C(=O)S/C(=C/c2cc(Br)c(O)c(Br)c2)C1=O. The van der Waals surface area contributed by atoms with Crippen LogP contribution in [0.15, 0.2) is 26.0 Å². The van der Waals surface area contributed by atoms with Crippen LogP contribution in [0.4, 0.5) is 4.79 Å². The van der Waals surface area contributed by atoms with Crippen LogP contribution in [0.25, 0.3) is 6.08 Å². The first kappa shape index (κ1) is 15.2. The van der Waals surface area contributed by atoms with Crippen molar-refractivity contribution in [3.8, 4) is 18.1 Å². The second kappa shape index (κ2) is 6.04. The van der Waals surface area contributed by atoms with Crippen LogP contribution < -0.4 is 0 Å². The number of phenolic OH excluding ortho intramolecular Hbond substituents is 1. The summed E-state index contributed by atoms with van der Waals surface area (Å²) in [4.78, 5) is 24.9. The van der Waals surface area contributed by atoms with Crippen LogP contribution in [0.5, 0.6) is 5.75 Å². The Morgan fingerprint density at radius 2 is 1.95 bits per heavy atom. The number of aromatic hydroxyl groups is 1. The van der Waals surface area contributed by atoms with E-state index in [4.69, 9.17) is 6.42 Å². The molecule has 0 bridgehead atoms. The van der Waals surface area contributed by atoms with Crippen molar-refractivity contribution in [2.45, 2.75) is 0 Å². The number of terminal acetylenes is 1. The van der Waals surface area contributed by atoms with Crippen LogP contribution in [0.3, 0.4) is 0 Å². The third kappa shape index (κ3) is 2.92. The molecule has 0 aliphatic carbocycles. The number of hydrogen-bond donors (Lipinski definition) is 1. The van der Waals surface area contributed by atoms with Gasteiger partial charge in [-0.25, -0.2) is 0 Å². The van der Waals surface area contributed by atoms with E-state index in [1.165, 1.54) is 0 Å². The molecule has 4 nitrogen and oxygen atoms in total. The fourth-order valence-electron chi connectivity index (χ4n) is 1.55. The molecule has 1 aliphatic rings. The van der Waals surface area contributed by atoms with Gasteiger partial charge in [0.1, 0.15) is 5.75 Å². The molecule has 1 aromatic carbocycles. The molecule has 20 heavy (non-hydrogen) atoms. The van der Waals surface area contributed by atoms with E-state index in [-0.39, 0.29) is 17.5 Å². The number of nitrogens with zero attached hydrogens (tertiary/aromatic N) is 1. The van der Waals surface area contributed by atoms with Crippen LogP contribution in [0.2, 0.25) is 0 Å². The van der Waals surface area contributed by atoms with Crippen LogP contribution in [0.1, 0.15) is 5.56 Å². The van der Waals surface area contributed by atoms with Gasteiger partial charge in [-0.1, -0.05) is 5.92 Å². The van der Waals surface area contributed by atoms with Gasteiger partial charge >= 0.3 is 0 Å². The van der Waals surface area contributed by atoms with Gasteiger partial charge in [0, 0.05) is 0 Å². The zero-order valence-electron chi connectivity index (χ0n) is 9.89. The summed E-state index contributed by atoms with van der Waals surface area (Å²) in [5.74, 6) is 1.94. The molecule has 0 atom stereocenters. The lowest BCUT2D eigenvalue weighted by Gasteiger charge is -2.06. The molecule has 1 heterocycles. The summed E-state index contributed by atoms with van der Waals surface area (Å²) in [6.45, 7) is -0.0367. The zero-order chi connectivity index (χ0) is 14.9. The maximum Gasteiger partial charge on any atom is 0.294 e. The fraction of sp³-hybridized carbons (Fsp3) is 0.0769. The lowest BCUT2D eigenvalue weighted by atomic mass is 10.2. The normalized spacial score (nSPS) is 16.9. The highest BCUT2D eigenvalue weighted by molar-refractivity contribution is 9.11. The molecule has 1 saturated heterocycles. The molecule has 0 spiro atoms. The van der Waals surface area contributed by atoms with Gasteiger partial charge in [-0.15, -0.1) is 6.42 Å². The van der Waals surface area contributed by atoms with Crippen molar-refractivity contribution >= 4 is 60.8 Å². The highest BCUT2D eigenvalue weighted by Crippen LogP contribution is 2.36. The number of halogens is 2.